The zero-order chi connectivity index (χ0) is 10.7. The van der Waals surface area contributed by atoms with E-state index < -0.39 is 0 Å². The first kappa shape index (κ1) is 14.3. The third-order valence-corrected chi connectivity index (χ3v) is 2.31. The molecule has 0 radical (unpaired) electrons. The number of carbonyl (C=O) groups is 1. The Bertz CT molecular complexity index is 349. The van der Waals surface area contributed by atoms with E-state index in [2.05, 4.69) is 10.4 Å². The minimum absolute atomic E-state index is 0. The smallest absolute Gasteiger partial charge is 0.239 e. The molecular formula is C9H15Cl2N3O. The molecule has 1 N–H and O–H groups in total. The minimum Gasteiger partial charge on any atom is -0.322 e. The number of carbonyl (C=O) groups excluding carboxylic acids is 1. The number of anilines is 1. The lowest BCUT2D eigenvalue weighted by atomic mass is 10.3. The van der Waals surface area contributed by atoms with Gasteiger partial charge in [0.15, 0.2) is 0 Å². The van der Waals surface area contributed by atoms with Crippen molar-refractivity contribution in [2.75, 3.05) is 11.2 Å². The van der Waals surface area contributed by atoms with Gasteiger partial charge in [0.25, 0.3) is 0 Å². The monoisotopic (exact) mass is 251 g/mol. The second-order valence-electron chi connectivity index (χ2n) is 3.04. The molecule has 0 saturated carbocycles. The van der Waals surface area contributed by atoms with Crippen LogP contribution >= 0.6 is 24.0 Å². The Morgan fingerprint density at radius 1 is 1.53 bits per heavy atom. The summed E-state index contributed by atoms with van der Waals surface area (Å²) < 4.78 is 1.85. The maximum atomic E-state index is 11.1. The van der Waals surface area contributed by atoms with Crippen LogP contribution in [0.25, 0.3) is 0 Å². The lowest BCUT2D eigenvalue weighted by Crippen LogP contribution is -2.13. The standard InChI is InChI=1S/C9H14ClN3O.ClH/c1-4-13-7(3)9(6(2)12-13)11-8(14)5-10;/h4-5H2,1-3H3,(H,11,14);1H. The van der Waals surface area contributed by atoms with E-state index in [9.17, 15) is 4.79 Å². The lowest BCUT2D eigenvalue weighted by Gasteiger charge is -2.03. The largest absolute Gasteiger partial charge is 0.322 e. The average Bonchev–Trinajstić information content (AvgIpc) is 2.44. The molecule has 0 aliphatic heterocycles. The van der Waals surface area contributed by atoms with Gasteiger partial charge < -0.3 is 5.32 Å². The van der Waals surface area contributed by atoms with E-state index in [1.807, 2.05) is 25.5 Å². The van der Waals surface area contributed by atoms with Crippen molar-refractivity contribution in [3.05, 3.63) is 11.4 Å². The highest BCUT2D eigenvalue weighted by atomic mass is 35.5. The van der Waals surface area contributed by atoms with Crippen LogP contribution in [0, 0.1) is 13.8 Å². The van der Waals surface area contributed by atoms with Crippen molar-refractivity contribution < 1.29 is 4.79 Å². The number of hydrogen-bond donors (Lipinski definition) is 1. The van der Waals surface area contributed by atoms with Gasteiger partial charge in [0.2, 0.25) is 5.91 Å². The molecule has 0 spiro atoms. The molecule has 1 amide bonds. The van der Waals surface area contributed by atoms with E-state index in [-0.39, 0.29) is 24.2 Å². The van der Waals surface area contributed by atoms with E-state index in [0.29, 0.717) is 0 Å². The van der Waals surface area contributed by atoms with E-state index in [1.54, 1.807) is 0 Å². The molecule has 0 aliphatic carbocycles. The molecule has 1 aromatic rings. The Morgan fingerprint density at radius 2 is 2.13 bits per heavy atom. The van der Waals surface area contributed by atoms with Crippen LogP contribution in [0.15, 0.2) is 0 Å². The fraction of sp³-hybridized carbons (Fsp3) is 0.556. The van der Waals surface area contributed by atoms with E-state index in [1.165, 1.54) is 0 Å². The molecule has 0 unspecified atom stereocenters. The van der Waals surface area contributed by atoms with Crippen LogP contribution in [0.3, 0.4) is 0 Å². The molecule has 1 aromatic heterocycles. The molecule has 0 atom stereocenters. The Morgan fingerprint density at radius 3 is 2.53 bits per heavy atom. The summed E-state index contributed by atoms with van der Waals surface area (Å²) in [6, 6.07) is 0. The van der Waals surface area contributed by atoms with Gasteiger partial charge in [-0.2, -0.15) is 5.10 Å². The van der Waals surface area contributed by atoms with Crippen LogP contribution in [0.2, 0.25) is 0 Å². The van der Waals surface area contributed by atoms with Gasteiger partial charge in [-0.05, 0) is 20.8 Å². The summed E-state index contributed by atoms with van der Waals surface area (Å²) in [5.74, 6) is -0.232. The van der Waals surface area contributed by atoms with Gasteiger partial charge in [0.05, 0.1) is 17.1 Å². The second-order valence-corrected chi connectivity index (χ2v) is 3.31. The summed E-state index contributed by atoms with van der Waals surface area (Å²) in [6.07, 6.45) is 0. The zero-order valence-electron chi connectivity index (χ0n) is 9.00. The fourth-order valence-electron chi connectivity index (χ4n) is 1.36. The van der Waals surface area contributed by atoms with E-state index >= 15 is 0 Å². The highest BCUT2D eigenvalue weighted by Crippen LogP contribution is 2.18. The van der Waals surface area contributed by atoms with Crippen molar-refractivity contribution in [1.29, 1.82) is 0 Å². The Balaban J connectivity index is 0.00000196. The van der Waals surface area contributed by atoms with Crippen LogP contribution in [0.4, 0.5) is 5.69 Å². The molecule has 0 saturated heterocycles. The maximum Gasteiger partial charge on any atom is 0.239 e. The van der Waals surface area contributed by atoms with Gasteiger partial charge in [-0.1, -0.05) is 0 Å². The van der Waals surface area contributed by atoms with Crippen molar-refractivity contribution in [3.63, 3.8) is 0 Å². The summed E-state index contributed by atoms with van der Waals surface area (Å²) in [6.45, 7) is 6.59. The van der Waals surface area contributed by atoms with Crippen LogP contribution in [0.1, 0.15) is 18.3 Å². The predicted octanol–water partition coefficient (Wildman–Crippen LogP) is 2.12. The zero-order valence-corrected chi connectivity index (χ0v) is 10.6. The molecule has 1 heterocycles. The van der Waals surface area contributed by atoms with Crippen molar-refractivity contribution >= 4 is 35.6 Å². The third-order valence-electron chi connectivity index (χ3n) is 2.07. The number of amides is 1. The number of nitrogens with zero attached hydrogens (tertiary/aromatic N) is 2. The number of hydrogen-bond acceptors (Lipinski definition) is 2. The number of rotatable bonds is 3. The second kappa shape index (κ2) is 5.98. The first-order valence-corrected chi connectivity index (χ1v) is 5.03. The third kappa shape index (κ3) is 3.11. The van der Waals surface area contributed by atoms with E-state index in [0.717, 1.165) is 23.6 Å². The number of nitrogens with one attached hydrogen (secondary N) is 1. The quantitative estimate of drug-likeness (QED) is 0.837. The van der Waals surface area contributed by atoms with Gasteiger partial charge in [0.1, 0.15) is 5.88 Å². The fourth-order valence-corrected chi connectivity index (χ4v) is 1.43. The van der Waals surface area contributed by atoms with Gasteiger partial charge in [-0.3, -0.25) is 9.48 Å². The van der Waals surface area contributed by atoms with Gasteiger partial charge in [0, 0.05) is 6.54 Å². The first-order chi connectivity index (χ1) is 6.60. The molecule has 0 bridgehead atoms. The Kier molecular flexibility index (Phi) is 5.68. The minimum atomic E-state index is -0.200. The van der Waals surface area contributed by atoms with Crippen molar-refractivity contribution in [2.45, 2.75) is 27.3 Å². The maximum absolute atomic E-state index is 11.1. The highest BCUT2D eigenvalue weighted by Gasteiger charge is 2.12. The molecule has 4 nitrogen and oxygen atoms in total. The summed E-state index contributed by atoms with van der Waals surface area (Å²) in [5.41, 5.74) is 2.56. The first-order valence-electron chi connectivity index (χ1n) is 4.50. The summed E-state index contributed by atoms with van der Waals surface area (Å²) >= 11 is 5.41. The molecule has 0 aromatic carbocycles. The van der Waals surface area contributed by atoms with Crippen LogP contribution in [0.5, 0.6) is 0 Å². The average molecular weight is 252 g/mol. The highest BCUT2D eigenvalue weighted by molar-refractivity contribution is 6.29. The molecule has 86 valence electrons. The molecule has 15 heavy (non-hydrogen) atoms. The topological polar surface area (TPSA) is 46.9 Å². The molecular weight excluding hydrogens is 237 g/mol. The van der Waals surface area contributed by atoms with Gasteiger partial charge >= 0.3 is 0 Å². The predicted molar refractivity (Wildman–Crippen MR) is 64.0 cm³/mol. The van der Waals surface area contributed by atoms with Gasteiger partial charge in [-0.15, -0.1) is 24.0 Å². The lowest BCUT2D eigenvalue weighted by molar-refractivity contribution is -0.113. The summed E-state index contributed by atoms with van der Waals surface area (Å²) in [5, 5.41) is 7.00. The van der Waals surface area contributed by atoms with Crippen molar-refractivity contribution in [1.82, 2.24) is 9.78 Å². The number of aryl methyl sites for hydroxylation is 2. The van der Waals surface area contributed by atoms with Crippen molar-refractivity contribution in [2.24, 2.45) is 0 Å². The SMILES string of the molecule is CCn1nc(C)c(NC(=O)CCl)c1C.Cl. The summed E-state index contributed by atoms with van der Waals surface area (Å²) in [4.78, 5) is 11.1. The molecule has 0 fully saturated rings. The number of halogens is 2. The number of alkyl halides is 1. The Labute approximate surface area is 100 Å². The molecule has 6 heteroatoms. The van der Waals surface area contributed by atoms with Crippen LogP contribution in [-0.2, 0) is 11.3 Å². The normalized spacial score (nSPS) is 9.60. The van der Waals surface area contributed by atoms with Gasteiger partial charge in [-0.25, -0.2) is 0 Å². The van der Waals surface area contributed by atoms with Crippen LogP contribution in [-0.4, -0.2) is 21.6 Å². The summed E-state index contributed by atoms with van der Waals surface area (Å²) in [7, 11) is 0. The van der Waals surface area contributed by atoms with Crippen molar-refractivity contribution in [3.8, 4) is 0 Å². The Hall–Kier alpha value is -0.740. The number of aromatic nitrogens is 2. The molecule has 1 rings (SSSR count). The molecule has 0 aliphatic rings. The van der Waals surface area contributed by atoms with Crippen LogP contribution < -0.4 is 5.32 Å². The van der Waals surface area contributed by atoms with E-state index in [4.69, 9.17) is 11.6 Å².